The van der Waals surface area contributed by atoms with Gasteiger partial charge in [-0.1, -0.05) is 31.5 Å². The molecule has 0 aromatic heterocycles. The molecule has 0 aliphatic heterocycles. The first kappa shape index (κ1) is 16.0. The smallest absolute Gasteiger partial charge is 0.329 e. The fourth-order valence-electron chi connectivity index (χ4n) is 2.10. The van der Waals surface area contributed by atoms with Crippen LogP contribution in [0.4, 0.5) is 0 Å². The van der Waals surface area contributed by atoms with Gasteiger partial charge in [-0.25, -0.2) is 4.79 Å². The zero-order valence-corrected chi connectivity index (χ0v) is 12.1. The van der Waals surface area contributed by atoms with Gasteiger partial charge in [-0.05, 0) is 19.4 Å². The van der Waals surface area contributed by atoms with Crippen molar-refractivity contribution in [2.24, 2.45) is 0 Å². The molecule has 110 valence electrons. The fourth-order valence-corrected chi connectivity index (χ4v) is 2.10. The molecule has 1 unspecified atom stereocenters. The second-order valence-electron chi connectivity index (χ2n) is 4.92. The molecule has 2 N–H and O–H groups in total. The van der Waals surface area contributed by atoms with Crippen LogP contribution in [0.15, 0.2) is 24.3 Å². The molecule has 1 rings (SSSR count). The summed E-state index contributed by atoms with van der Waals surface area (Å²) in [5, 5.41) is 11.8. The number of amides is 1. The molecule has 0 radical (unpaired) electrons. The van der Waals surface area contributed by atoms with Gasteiger partial charge in [0.05, 0.1) is 13.5 Å². The molecular weight excluding hydrogens is 258 g/mol. The molecule has 5 nitrogen and oxygen atoms in total. The molecule has 20 heavy (non-hydrogen) atoms. The van der Waals surface area contributed by atoms with E-state index >= 15 is 0 Å². The van der Waals surface area contributed by atoms with Crippen molar-refractivity contribution in [2.45, 2.75) is 38.6 Å². The van der Waals surface area contributed by atoms with Crippen LogP contribution in [-0.2, 0) is 16.0 Å². The van der Waals surface area contributed by atoms with Gasteiger partial charge in [0.25, 0.3) is 0 Å². The number of ether oxygens (including phenoxy) is 1. The van der Waals surface area contributed by atoms with Gasteiger partial charge in [0.15, 0.2) is 0 Å². The van der Waals surface area contributed by atoms with E-state index in [1.807, 2.05) is 19.1 Å². The summed E-state index contributed by atoms with van der Waals surface area (Å²) < 4.78 is 5.17. The van der Waals surface area contributed by atoms with Crippen molar-refractivity contribution in [3.8, 4) is 5.75 Å². The van der Waals surface area contributed by atoms with E-state index in [-0.39, 0.29) is 12.3 Å². The van der Waals surface area contributed by atoms with Crippen molar-refractivity contribution in [1.29, 1.82) is 0 Å². The van der Waals surface area contributed by atoms with Crippen LogP contribution in [0.5, 0.6) is 5.75 Å². The van der Waals surface area contributed by atoms with E-state index in [4.69, 9.17) is 4.74 Å². The van der Waals surface area contributed by atoms with Crippen LogP contribution in [-0.4, -0.2) is 29.6 Å². The molecule has 5 heteroatoms. The third-order valence-corrected chi connectivity index (χ3v) is 3.18. The largest absolute Gasteiger partial charge is 0.496 e. The van der Waals surface area contributed by atoms with Gasteiger partial charge < -0.3 is 15.2 Å². The van der Waals surface area contributed by atoms with Gasteiger partial charge in [-0.2, -0.15) is 0 Å². The summed E-state index contributed by atoms with van der Waals surface area (Å²) in [5.41, 5.74) is -0.495. The van der Waals surface area contributed by atoms with Gasteiger partial charge in [-0.3, -0.25) is 4.79 Å². The Morgan fingerprint density at radius 2 is 2.00 bits per heavy atom. The number of hydrogen-bond acceptors (Lipinski definition) is 3. The van der Waals surface area contributed by atoms with Crippen LogP contribution in [0.1, 0.15) is 32.3 Å². The average Bonchev–Trinajstić information content (AvgIpc) is 2.39. The number of rotatable bonds is 7. The minimum atomic E-state index is -1.23. The Hall–Kier alpha value is -2.04. The number of nitrogens with one attached hydrogen (secondary N) is 1. The highest BCUT2D eigenvalue weighted by Crippen LogP contribution is 2.19. The maximum Gasteiger partial charge on any atom is 0.329 e. The molecule has 0 saturated carbocycles. The lowest BCUT2D eigenvalue weighted by Crippen LogP contribution is -2.52. The summed E-state index contributed by atoms with van der Waals surface area (Å²) in [6.07, 6.45) is 1.16. The first-order valence-corrected chi connectivity index (χ1v) is 6.59. The number of para-hydroxylation sites is 1. The Balaban J connectivity index is 2.78. The lowest BCUT2D eigenvalue weighted by molar-refractivity contribution is -0.147. The lowest BCUT2D eigenvalue weighted by atomic mass is 9.95. The summed E-state index contributed by atoms with van der Waals surface area (Å²) in [4.78, 5) is 23.3. The van der Waals surface area contributed by atoms with Crippen LogP contribution in [0.3, 0.4) is 0 Å². The quantitative estimate of drug-likeness (QED) is 0.800. The predicted octanol–water partition coefficient (Wildman–Crippen LogP) is 2.00. The second kappa shape index (κ2) is 6.93. The van der Waals surface area contributed by atoms with Gasteiger partial charge in [-0.15, -0.1) is 0 Å². The zero-order valence-electron chi connectivity index (χ0n) is 12.1. The van der Waals surface area contributed by atoms with Crippen LogP contribution in [0, 0.1) is 0 Å². The van der Waals surface area contributed by atoms with Gasteiger partial charge in [0.1, 0.15) is 11.3 Å². The molecule has 0 aliphatic rings. The van der Waals surface area contributed by atoms with Crippen molar-refractivity contribution in [3.05, 3.63) is 29.8 Å². The third kappa shape index (κ3) is 3.98. The Labute approximate surface area is 118 Å². The molecule has 0 aliphatic carbocycles. The maximum atomic E-state index is 12.0. The van der Waals surface area contributed by atoms with Crippen LogP contribution in [0.2, 0.25) is 0 Å². The van der Waals surface area contributed by atoms with Crippen molar-refractivity contribution in [3.63, 3.8) is 0 Å². The summed E-state index contributed by atoms with van der Waals surface area (Å²) in [6, 6.07) is 7.19. The highest BCUT2D eigenvalue weighted by atomic mass is 16.5. The van der Waals surface area contributed by atoms with E-state index in [9.17, 15) is 14.7 Å². The summed E-state index contributed by atoms with van der Waals surface area (Å²) in [6.45, 7) is 3.41. The second-order valence-corrected chi connectivity index (χ2v) is 4.92. The molecule has 1 amide bonds. The summed E-state index contributed by atoms with van der Waals surface area (Å²) >= 11 is 0. The monoisotopic (exact) mass is 279 g/mol. The zero-order chi connectivity index (χ0) is 15.2. The number of aliphatic carboxylic acids is 1. The number of methoxy groups -OCH3 is 1. The van der Waals surface area contributed by atoms with E-state index in [2.05, 4.69) is 5.32 Å². The number of carboxylic acid groups (broad SMARTS) is 1. The first-order chi connectivity index (χ1) is 9.42. The third-order valence-electron chi connectivity index (χ3n) is 3.18. The molecule has 1 aromatic rings. The Morgan fingerprint density at radius 1 is 1.35 bits per heavy atom. The SMILES string of the molecule is CCCC(C)(NC(=O)Cc1ccccc1OC)C(=O)O. The molecule has 1 atom stereocenters. The fraction of sp³-hybridized carbons (Fsp3) is 0.467. The van der Waals surface area contributed by atoms with E-state index in [1.165, 1.54) is 14.0 Å². The molecule has 0 spiro atoms. The molecular formula is C15H21NO4. The van der Waals surface area contributed by atoms with E-state index in [0.717, 1.165) is 5.56 Å². The number of carbonyl (C=O) groups excluding carboxylic acids is 1. The average molecular weight is 279 g/mol. The predicted molar refractivity (Wildman–Crippen MR) is 75.8 cm³/mol. The van der Waals surface area contributed by atoms with E-state index in [1.54, 1.807) is 12.1 Å². The van der Waals surface area contributed by atoms with Crippen LogP contribution < -0.4 is 10.1 Å². The lowest BCUT2D eigenvalue weighted by Gasteiger charge is -2.25. The number of benzene rings is 1. The standard InChI is InChI=1S/C15H21NO4/c1-4-9-15(2,14(18)19)16-13(17)10-11-7-5-6-8-12(11)20-3/h5-8H,4,9-10H2,1-3H3,(H,16,17)(H,18,19). The van der Waals surface area contributed by atoms with Crippen molar-refractivity contribution in [2.75, 3.05) is 7.11 Å². The number of hydrogen-bond donors (Lipinski definition) is 2. The number of carboxylic acids is 1. The Bertz CT molecular complexity index is 487. The Kier molecular flexibility index (Phi) is 5.55. The van der Waals surface area contributed by atoms with Crippen molar-refractivity contribution >= 4 is 11.9 Å². The minimum absolute atomic E-state index is 0.0938. The highest BCUT2D eigenvalue weighted by Gasteiger charge is 2.33. The van der Waals surface area contributed by atoms with Crippen LogP contribution in [0.25, 0.3) is 0 Å². The van der Waals surface area contributed by atoms with Crippen molar-refractivity contribution in [1.82, 2.24) is 5.32 Å². The normalized spacial score (nSPS) is 13.3. The minimum Gasteiger partial charge on any atom is -0.496 e. The van der Waals surface area contributed by atoms with Gasteiger partial charge >= 0.3 is 5.97 Å². The Morgan fingerprint density at radius 3 is 2.55 bits per heavy atom. The first-order valence-electron chi connectivity index (χ1n) is 6.59. The topological polar surface area (TPSA) is 75.6 Å². The van der Waals surface area contributed by atoms with E-state index < -0.39 is 11.5 Å². The molecule has 0 bridgehead atoms. The highest BCUT2D eigenvalue weighted by molar-refractivity contribution is 5.87. The van der Waals surface area contributed by atoms with E-state index in [0.29, 0.717) is 18.6 Å². The molecule has 0 heterocycles. The summed E-state index contributed by atoms with van der Waals surface area (Å²) in [5.74, 6) is -0.726. The van der Waals surface area contributed by atoms with Crippen molar-refractivity contribution < 1.29 is 19.4 Å². The molecule has 0 saturated heterocycles. The summed E-state index contributed by atoms with van der Waals surface area (Å²) in [7, 11) is 1.54. The molecule has 1 aromatic carbocycles. The maximum absolute atomic E-state index is 12.0. The van der Waals surface area contributed by atoms with Gasteiger partial charge in [0, 0.05) is 5.56 Å². The van der Waals surface area contributed by atoms with Gasteiger partial charge in [0.2, 0.25) is 5.91 Å². The number of carbonyl (C=O) groups is 2. The molecule has 0 fully saturated rings. The van der Waals surface area contributed by atoms with Crippen LogP contribution >= 0.6 is 0 Å².